The zero-order chi connectivity index (χ0) is 27.9. The Morgan fingerprint density at radius 2 is 1.74 bits per heavy atom. The lowest BCUT2D eigenvalue weighted by Gasteiger charge is -2.25. The Morgan fingerprint density at radius 3 is 2.32 bits per heavy atom. The number of aromatic nitrogens is 2. The predicted molar refractivity (Wildman–Crippen MR) is 153 cm³/mol. The van der Waals surface area contributed by atoms with E-state index >= 15 is 0 Å². The molecule has 2 amide bonds. The van der Waals surface area contributed by atoms with Crippen LogP contribution in [0.25, 0.3) is 11.4 Å². The van der Waals surface area contributed by atoms with Gasteiger partial charge in [0.05, 0.1) is 12.6 Å². The van der Waals surface area contributed by atoms with E-state index in [1.807, 2.05) is 78.4 Å². The molecule has 0 fully saturated rings. The molecule has 0 radical (unpaired) electrons. The summed E-state index contributed by atoms with van der Waals surface area (Å²) >= 11 is 1.48. The minimum atomic E-state index is -1.35. The van der Waals surface area contributed by atoms with Crippen LogP contribution in [0.2, 0.25) is 0 Å². The van der Waals surface area contributed by atoms with Crippen LogP contribution in [0.5, 0.6) is 0 Å². The van der Waals surface area contributed by atoms with Gasteiger partial charge in [-0.15, -0.1) is 0 Å². The number of allylic oxidation sites excluding steroid dienone is 1. The van der Waals surface area contributed by atoms with Gasteiger partial charge in [0.1, 0.15) is 5.82 Å². The monoisotopic (exact) mass is 536 g/mol. The van der Waals surface area contributed by atoms with E-state index in [-0.39, 0.29) is 0 Å². The van der Waals surface area contributed by atoms with E-state index in [1.165, 1.54) is 23.6 Å². The molecule has 0 spiro atoms. The Morgan fingerprint density at radius 1 is 1.11 bits per heavy atom. The number of amides is 2. The van der Waals surface area contributed by atoms with Crippen LogP contribution < -0.4 is 5.32 Å². The number of nitrogens with zero attached hydrogens (tertiary/aromatic N) is 3. The van der Waals surface area contributed by atoms with E-state index in [0.717, 1.165) is 26.8 Å². The number of nitrogens with one attached hydrogen (secondary N) is 1. The molecule has 3 rings (SSSR count). The van der Waals surface area contributed by atoms with Gasteiger partial charge in [0, 0.05) is 47.4 Å². The summed E-state index contributed by atoms with van der Waals surface area (Å²) in [7, 11) is 0. The zero-order valence-corrected chi connectivity index (χ0v) is 22.7. The standard InChI is InChI=1S/C16H17N3OS.C13H19NO3/c1-13(10-17-12-20)21-14(2)11-19-9-8-18-16(19)15-6-4-3-5-7-15;1-3-14(13(17)12(16)10(2)15)9-11-7-5-4-6-8-11/h3-9,12H,1-2,10-11H2,(H,17,20);4-8,10,12,15-16H,3,9H2,1-2H3. The van der Waals surface area contributed by atoms with Gasteiger partial charge < -0.3 is 25.0 Å². The third-order valence-corrected chi connectivity index (χ3v) is 6.24. The van der Waals surface area contributed by atoms with Crippen molar-refractivity contribution < 1.29 is 19.8 Å². The van der Waals surface area contributed by atoms with Gasteiger partial charge in [0.15, 0.2) is 6.10 Å². The highest BCUT2D eigenvalue weighted by Crippen LogP contribution is 2.25. The first-order chi connectivity index (χ1) is 18.3. The lowest BCUT2D eigenvalue weighted by Crippen LogP contribution is -2.43. The van der Waals surface area contributed by atoms with Gasteiger partial charge in [0.2, 0.25) is 6.41 Å². The molecule has 38 heavy (non-hydrogen) atoms. The summed E-state index contributed by atoms with van der Waals surface area (Å²) in [5.74, 6) is 0.473. The molecule has 202 valence electrons. The number of rotatable bonds is 13. The fraction of sp³-hybridized carbons (Fsp3) is 0.276. The van der Waals surface area contributed by atoms with Crippen molar-refractivity contribution in [3.8, 4) is 11.4 Å². The number of carbonyl (C=O) groups excluding carboxylic acids is 2. The molecular formula is C29H36N4O4S. The fourth-order valence-electron chi connectivity index (χ4n) is 3.45. The van der Waals surface area contributed by atoms with Gasteiger partial charge >= 0.3 is 0 Å². The van der Waals surface area contributed by atoms with Crippen LogP contribution >= 0.6 is 11.8 Å². The second-order valence-corrected chi connectivity index (χ2v) is 9.81. The number of hydrogen-bond acceptors (Lipinski definition) is 6. The van der Waals surface area contributed by atoms with Crippen molar-refractivity contribution in [1.82, 2.24) is 19.8 Å². The summed E-state index contributed by atoms with van der Waals surface area (Å²) in [5, 5.41) is 21.3. The summed E-state index contributed by atoms with van der Waals surface area (Å²) in [6.45, 7) is 13.2. The van der Waals surface area contributed by atoms with Crippen LogP contribution in [-0.4, -0.2) is 62.3 Å². The summed E-state index contributed by atoms with van der Waals surface area (Å²) < 4.78 is 2.05. The largest absolute Gasteiger partial charge is 0.390 e. The quantitative estimate of drug-likeness (QED) is 0.287. The third-order valence-electron chi connectivity index (χ3n) is 5.39. The number of benzene rings is 2. The van der Waals surface area contributed by atoms with E-state index in [1.54, 1.807) is 6.20 Å². The Kier molecular flexibility index (Phi) is 13.1. The number of thioether (sulfide) groups is 1. The van der Waals surface area contributed by atoms with Crippen molar-refractivity contribution in [1.29, 1.82) is 0 Å². The second kappa shape index (κ2) is 16.2. The minimum absolute atomic E-state index is 0.439. The van der Waals surface area contributed by atoms with Crippen molar-refractivity contribution in [3.63, 3.8) is 0 Å². The minimum Gasteiger partial charge on any atom is -0.390 e. The van der Waals surface area contributed by atoms with E-state index in [0.29, 0.717) is 32.6 Å². The van der Waals surface area contributed by atoms with Gasteiger partial charge in [0.25, 0.3) is 5.91 Å². The lowest BCUT2D eigenvalue weighted by molar-refractivity contribution is -0.145. The molecule has 2 atom stereocenters. The maximum absolute atomic E-state index is 11.8. The maximum atomic E-state index is 11.8. The zero-order valence-electron chi connectivity index (χ0n) is 21.9. The molecule has 3 aromatic rings. The van der Waals surface area contributed by atoms with Crippen molar-refractivity contribution in [2.24, 2.45) is 0 Å². The fourth-order valence-corrected chi connectivity index (χ4v) is 4.21. The summed E-state index contributed by atoms with van der Waals surface area (Å²) in [6, 6.07) is 19.6. The first-order valence-electron chi connectivity index (χ1n) is 12.2. The molecule has 1 heterocycles. The number of aliphatic hydroxyl groups is 2. The average molecular weight is 537 g/mol. The smallest absolute Gasteiger partial charge is 0.254 e. The van der Waals surface area contributed by atoms with Crippen molar-refractivity contribution >= 4 is 24.1 Å². The molecule has 0 bridgehead atoms. The molecule has 0 saturated carbocycles. The van der Waals surface area contributed by atoms with Crippen molar-refractivity contribution in [3.05, 3.63) is 102 Å². The summed E-state index contributed by atoms with van der Waals surface area (Å²) in [4.78, 5) is 29.8. The molecule has 0 aliphatic heterocycles. The number of aliphatic hydroxyl groups excluding tert-OH is 2. The van der Waals surface area contributed by atoms with Crippen LogP contribution in [-0.2, 0) is 22.7 Å². The average Bonchev–Trinajstić information content (AvgIpc) is 3.39. The predicted octanol–water partition coefficient (Wildman–Crippen LogP) is 3.83. The van der Waals surface area contributed by atoms with Gasteiger partial charge in [-0.1, -0.05) is 85.6 Å². The first-order valence-corrected chi connectivity index (χ1v) is 13.0. The maximum Gasteiger partial charge on any atom is 0.254 e. The molecule has 0 aliphatic rings. The Hall–Kier alpha value is -3.66. The molecule has 9 heteroatoms. The number of likely N-dealkylation sites (N-methyl/N-ethyl adjacent to an activating group) is 1. The molecule has 0 aliphatic carbocycles. The Labute approximate surface area is 228 Å². The number of imidazole rings is 1. The second-order valence-electron chi connectivity index (χ2n) is 8.45. The molecule has 0 saturated heterocycles. The van der Waals surface area contributed by atoms with Crippen LogP contribution in [0, 0.1) is 0 Å². The lowest BCUT2D eigenvalue weighted by atomic mass is 10.1. The Balaban J connectivity index is 0.000000273. The van der Waals surface area contributed by atoms with E-state index in [9.17, 15) is 19.8 Å². The molecule has 2 aromatic carbocycles. The van der Waals surface area contributed by atoms with Gasteiger partial charge in [-0.05, 0) is 19.4 Å². The molecule has 2 unspecified atom stereocenters. The summed E-state index contributed by atoms with van der Waals surface area (Å²) in [5.41, 5.74) is 2.07. The van der Waals surface area contributed by atoms with Crippen LogP contribution in [0.3, 0.4) is 0 Å². The van der Waals surface area contributed by atoms with E-state index in [2.05, 4.69) is 23.5 Å². The number of hydrogen-bond donors (Lipinski definition) is 3. The molecule has 3 N–H and O–H groups in total. The first kappa shape index (κ1) is 30.6. The van der Waals surface area contributed by atoms with Crippen molar-refractivity contribution in [2.75, 3.05) is 13.1 Å². The summed E-state index contributed by atoms with van der Waals surface area (Å²) in [6.07, 6.45) is 1.98. The molecule has 1 aromatic heterocycles. The molecular weight excluding hydrogens is 500 g/mol. The topological polar surface area (TPSA) is 108 Å². The third kappa shape index (κ3) is 10.0. The highest BCUT2D eigenvalue weighted by Gasteiger charge is 2.25. The van der Waals surface area contributed by atoms with E-state index in [4.69, 9.17) is 0 Å². The van der Waals surface area contributed by atoms with E-state index < -0.39 is 18.1 Å². The number of carbonyl (C=O) groups is 2. The van der Waals surface area contributed by atoms with Crippen LogP contribution in [0.15, 0.2) is 96.0 Å². The normalized spacial score (nSPS) is 11.9. The van der Waals surface area contributed by atoms with Gasteiger partial charge in [-0.3, -0.25) is 9.59 Å². The highest BCUT2D eigenvalue weighted by atomic mass is 32.2. The Bertz CT molecular complexity index is 1170. The van der Waals surface area contributed by atoms with Gasteiger partial charge in [-0.25, -0.2) is 4.98 Å². The SMILES string of the molecule is C=C(CNC=O)SC(=C)Cn1ccnc1-c1ccccc1.CCN(Cc1ccccc1)C(=O)C(O)C(C)O. The van der Waals surface area contributed by atoms with Crippen molar-refractivity contribution in [2.45, 2.75) is 39.1 Å². The van der Waals surface area contributed by atoms with Crippen LogP contribution in [0.4, 0.5) is 0 Å². The van der Waals surface area contributed by atoms with Crippen LogP contribution in [0.1, 0.15) is 19.4 Å². The molecule has 8 nitrogen and oxygen atoms in total. The van der Waals surface area contributed by atoms with Gasteiger partial charge in [-0.2, -0.15) is 0 Å². The highest BCUT2D eigenvalue weighted by molar-refractivity contribution is 8.06.